The third kappa shape index (κ3) is 4.94. The largest absolute Gasteiger partial charge is 0.469 e. The van der Waals surface area contributed by atoms with Crippen LogP contribution in [-0.4, -0.2) is 38.4 Å². The van der Waals surface area contributed by atoms with Crippen LogP contribution in [0.3, 0.4) is 0 Å². The molecule has 0 saturated carbocycles. The number of amides is 1. The first-order valence-electron chi connectivity index (χ1n) is 6.58. The van der Waals surface area contributed by atoms with E-state index in [9.17, 15) is 18.0 Å². The number of aliphatic imine (C=N–C) groups is 1. The highest BCUT2D eigenvalue weighted by atomic mass is 19.4. The topological polar surface area (TPSA) is 51.1 Å². The van der Waals surface area contributed by atoms with E-state index in [0.29, 0.717) is 18.8 Å². The summed E-state index contributed by atoms with van der Waals surface area (Å²) in [4.78, 5) is 15.6. The van der Waals surface area contributed by atoms with Gasteiger partial charge in [0, 0.05) is 24.8 Å². The van der Waals surface area contributed by atoms with Crippen molar-refractivity contribution in [2.45, 2.75) is 20.0 Å². The van der Waals surface area contributed by atoms with Crippen LogP contribution in [0.4, 0.5) is 23.7 Å². The average Bonchev–Trinajstić information content (AvgIpc) is 2.47. The molecule has 1 aromatic carbocycles. The van der Waals surface area contributed by atoms with E-state index in [2.05, 4.69) is 9.73 Å². The number of nitrogens with zero attached hydrogens (tertiary/aromatic N) is 2. The van der Waals surface area contributed by atoms with E-state index in [1.54, 1.807) is 12.1 Å². The lowest BCUT2D eigenvalue weighted by molar-refractivity contribution is -0.0711. The number of methoxy groups -OCH3 is 1. The SMILES string of the molecule is CCN(CC)c1cccc(OC(=NC(=O)OC)C(F)(F)F)c1. The van der Waals surface area contributed by atoms with Gasteiger partial charge in [0.2, 0.25) is 0 Å². The summed E-state index contributed by atoms with van der Waals surface area (Å²) in [7, 11) is 0.931. The molecule has 0 aliphatic rings. The summed E-state index contributed by atoms with van der Waals surface area (Å²) < 4.78 is 47.3. The first-order valence-corrected chi connectivity index (χ1v) is 6.58. The van der Waals surface area contributed by atoms with Gasteiger partial charge in [0.15, 0.2) is 0 Å². The van der Waals surface area contributed by atoms with Gasteiger partial charge in [0.05, 0.1) is 7.11 Å². The second-order valence-electron chi connectivity index (χ2n) is 4.16. The Hall–Kier alpha value is -2.25. The lowest BCUT2D eigenvalue weighted by Crippen LogP contribution is -2.30. The molecule has 0 unspecified atom stereocenters. The molecular formula is C14H17F3N2O3. The molecule has 1 amide bonds. The molecule has 0 aliphatic heterocycles. The standard InChI is InChI=1S/C14H17F3N2O3/c1-4-19(5-2)10-7-6-8-11(9-10)22-12(14(15,16)17)18-13(20)21-3/h6-9H,4-5H2,1-3H3. The van der Waals surface area contributed by atoms with E-state index < -0.39 is 18.2 Å². The predicted molar refractivity (Wildman–Crippen MR) is 76.5 cm³/mol. The summed E-state index contributed by atoms with van der Waals surface area (Å²) >= 11 is 0. The fourth-order valence-electron chi connectivity index (χ4n) is 1.72. The summed E-state index contributed by atoms with van der Waals surface area (Å²) in [6, 6.07) is 6.12. The van der Waals surface area contributed by atoms with E-state index in [1.807, 2.05) is 18.7 Å². The van der Waals surface area contributed by atoms with Gasteiger partial charge in [-0.3, -0.25) is 0 Å². The molecule has 0 heterocycles. The number of carbonyl (C=O) groups is 1. The lowest BCUT2D eigenvalue weighted by Gasteiger charge is -2.21. The van der Waals surface area contributed by atoms with Crippen molar-refractivity contribution in [3.8, 4) is 5.75 Å². The maximum absolute atomic E-state index is 12.8. The Bertz CT molecular complexity index is 540. The van der Waals surface area contributed by atoms with Crippen LogP contribution >= 0.6 is 0 Å². The second-order valence-corrected chi connectivity index (χ2v) is 4.16. The van der Waals surface area contributed by atoms with Crippen LogP contribution in [0, 0.1) is 0 Å². The normalized spacial score (nSPS) is 12.0. The summed E-state index contributed by atoms with van der Waals surface area (Å²) in [5.74, 6) is -1.74. The van der Waals surface area contributed by atoms with Gasteiger partial charge in [0.25, 0.3) is 0 Å². The van der Waals surface area contributed by atoms with Gasteiger partial charge in [-0.05, 0) is 26.0 Å². The van der Waals surface area contributed by atoms with Crippen LogP contribution in [0.15, 0.2) is 29.3 Å². The molecular weight excluding hydrogens is 301 g/mol. The quantitative estimate of drug-likeness (QED) is 0.628. The van der Waals surface area contributed by atoms with Crippen molar-refractivity contribution in [1.29, 1.82) is 0 Å². The third-order valence-electron chi connectivity index (χ3n) is 2.77. The van der Waals surface area contributed by atoms with E-state index >= 15 is 0 Å². The van der Waals surface area contributed by atoms with Crippen molar-refractivity contribution < 1.29 is 27.4 Å². The van der Waals surface area contributed by atoms with E-state index in [-0.39, 0.29) is 5.75 Å². The molecule has 0 aromatic heterocycles. The molecule has 8 heteroatoms. The van der Waals surface area contributed by atoms with Crippen LogP contribution in [-0.2, 0) is 4.74 Å². The minimum Gasteiger partial charge on any atom is -0.451 e. The van der Waals surface area contributed by atoms with E-state index in [0.717, 1.165) is 7.11 Å². The van der Waals surface area contributed by atoms with Crippen molar-refractivity contribution in [3.63, 3.8) is 0 Å². The third-order valence-corrected chi connectivity index (χ3v) is 2.77. The fourth-order valence-corrected chi connectivity index (χ4v) is 1.72. The van der Waals surface area contributed by atoms with Crippen molar-refractivity contribution in [2.75, 3.05) is 25.1 Å². The number of halogens is 3. The first kappa shape index (κ1) is 17.8. The lowest BCUT2D eigenvalue weighted by atomic mass is 10.2. The number of hydrogen-bond donors (Lipinski definition) is 0. The molecule has 122 valence electrons. The number of carbonyl (C=O) groups excluding carboxylic acids is 1. The Morgan fingerprint density at radius 2 is 1.91 bits per heavy atom. The smallest absolute Gasteiger partial charge is 0.451 e. The van der Waals surface area contributed by atoms with Crippen molar-refractivity contribution in [3.05, 3.63) is 24.3 Å². The van der Waals surface area contributed by atoms with Gasteiger partial charge in [0.1, 0.15) is 5.75 Å². The van der Waals surface area contributed by atoms with Gasteiger partial charge < -0.3 is 14.4 Å². The first-order chi connectivity index (χ1) is 10.3. The number of benzene rings is 1. The number of alkyl halides is 3. The summed E-state index contributed by atoms with van der Waals surface area (Å²) in [6.07, 6.45) is -6.29. The molecule has 0 bridgehead atoms. The van der Waals surface area contributed by atoms with E-state index in [4.69, 9.17) is 4.74 Å². The zero-order valence-corrected chi connectivity index (χ0v) is 12.5. The Morgan fingerprint density at radius 3 is 2.41 bits per heavy atom. The molecule has 0 aliphatic carbocycles. The van der Waals surface area contributed by atoms with Crippen LogP contribution < -0.4 is 9.64 Å². The molecule has 0 atom stereocenters. The maximum Gasteiger partial charge on any atom is 0.469 e. The van der Waals surface area contributed by atoms with Gasteiger partial charge in [-0.15, -0.1) is 4.99 Å². The number of anilines is 1. The number of hydrogen-bond acceptors (Lipinski definition) is 4. The summed E-state index contributed by atoms with van der Waals surface area (Å²) in [5, 5.41) is 0. The molecule has 0 N–H and O–H groups in total. The van der Waals surface area contributed by atoms with Crippen LogP contribution in [0.2, 0.25) is 0 Å². The summed E-state index contributed by atoms with van der Waals surface area (Å²) in [5.41, 5.74) is 0.710. The van der Waals surface area contributed by atoms with Gasteiger partial charge >= 0.3 is 18.2 Å². The zero-order valence-electron chi connectivity index (χ0n) is 12.5. The minimum absolute atomic E-state index is 0.0654. The van der Waals surface area contributed by atoms with Gasteiger partial charge in [-0.2, -0.15) is 13.2 Å². The zero-order chi connectivity index (χ0) is 16.8. The highest BCUT2D eigenvalue weighted by molar-refractivity contribution is 5.92. The van der Waals surface area contributed by atoms with Gasteiger partial charge in [-0.1, -0.05) is 6.07 Å². The predicted octanol–water partition coefficient (Wildman–Crippen LogP) is 3.64. The highest BCUT2D eigenvalue weighted by Gasteiger charge is 2.40. The summed E-state index contributed by atoms with van der Waals surface area (Å²) in [6.45, 7) is 5.25. The van der Waals surface area contributed by atoms with Crippen LogP contribution in [0.1, 0.15) is 13.8 Å². The molecule has 1 rings (SSSR count). The monoisotopic (exact) mass is 318 g/mol. The molecule has 5 nitrogen and oxygen atoms in total. The van der Waals surface area contributed by atoms with Gasteiger partial charge in [-0.25, -0.2) is 4.79 Å². The Morgan fingerprint density at radius 1 is 1.27 bits per heavy atom. The van der Waals surface area contributed by atoms with Crippen molar-refractivity contribution >= 4 is 17.7 Å². The molecule has 0 spiro atoms. The number of ether oxygens (including phenoxy) is 2. The Labute approximate surface area is 126 Å². The Balaban J connectivity index is 3.07. The second kappa shape index (κ2) is 7.67. The van der Waals surface area contributed by atoms with E-state index in [1.165, 1.54) is 12.1 Å². The molecule has 1 aromatic rings. The molecule has 0 radical (unpaired) electrons. The Kier molecular flexibility index (Phi) is 6.21. The van der Waals surface area contributed by atoms with Crippen molar-refractivity contribution in [2.24, 2.45) is 4.99 Å². The highest BCUT2D eigenvalue weighted by Crippen LogP contribution is 2.25. The molecule has 0 saturated heterocycles. The number of rotatable bonds is 4. The van der Waals surface area contributed by atoms with Crippen LogP contribution in [0.25, 0.3) is 0 Å². The van der Waals surface area contributed by atoms with Crippen LogP contribution in [0.5, 0.6) is 5.75 Å². The van der Waals surface area contributed by atoms with Crippen molar-refractivity contribution in [1.82, 2.24) is 0 Å². The minimum atomic E-state index is -4.90. The maximum atomic E-state index is 12.8. The average molecular weight is 318 g/mol. The molecule has 22 heavy (non-hydrogen) atoms. The fraction of sp³-hybridized carbons (Fsp3) is 0.429. The molecule has 0 fully saturated rings.